The van der Waals surface area contributed by atoms with Crippen LogP contribution in [0, 0.1) is 5.92 Å². The molecule has 0 aliphatic heterocycles. The second-order valence-electron chi connectivity index (χ2n) is 7.30. The SMILES string of the molecule is CC(C)CNC(=O)C(=Cc1ccc(C(C)C)cc1)NC(=O)c1ccccc1. The molecule has 142 valence electrons. The molecule has 2 aromatic rings. The van der Waals surface area contributed by atoms with Crippen LogP contribution in [0.5, 0.6) is 0 Å². The highest BCUT2D eigenvalue weighted by atomic mass is 16.2. The van der Waals surface area contributed by atoms with Gasteiger partial charge in [0.2, 0.25) is 0 Å². The summed E-state index contributed by atoms with van der Waals surface area (Å²) in [5.74, 6) is 0.168. The van der Waals surface area contributed by atoms with Crippen LogP contribution in [0.3, 0.4) is 0 Å². The van der Waals surface area contributed by atoms with Crippen molar-refractivity contribution in [2.75, 3.05) is 6.54 Å². The summed E-state index contributed by atoms with van der Waals surface area (Å²) in [5.41, 5.74) is 2.84. The first-order valence-electron chi connectivity index (χ1n) is 9.33. The van der Waals surface area contributed by atoms with E-state index in [0.717, 1.165) is 5.56 Å². The van der Waals surface area contributed by atoms with Crippen molar-refractivity contribution in [3.05, 3.63) is 77.0 Å². The van der Waals surface area contributed by atoms with Crippen LogP contribution >= 0.6 is 0 Å². The lowest BCUT2D eigenvalue weighted by Gasteiger charge is -2.13. The summed E-state index contributed by atoms with van der Waals surface area (Å²) in [4.78, 5) is 25.1. The van der Waals surface area contributed by atoms with Gasteiger partial charge in [-0.1, -0.05) is 70.2 Å². The van der Waals surface area contributed by atoms with Gasteiger partial charge in [0.15, 0.2) is 0 Å². The zero-order valence-corrected chi connectivity index (χ0v) is 16.5. The largest absolute Gasteiger partial charge is 0.351 e. The molecule has 2 rings (SSSR count). The minimum absolute atomic E-state index is 0.238. The summed E-state index contributed by atoms with van der Waals surface area (Å²) in [6, 6.07) is 16.9. The molecule has 0 heterocycles. The molecule has 0 unspecified atom stereocenters. The molecule has 0 fully saturated rings. The topological polar surface area (TPSA) is 58.2 Å². The highest BCUT2D eigenvalue weighted by Crippen LogP contribution is 2.16. The molecule has 0 atom stereocenters. The van der Waals surface area contributed by atoms with Gasteiger partial charge in [-0.05, 0) is 41.2 Å². The van der Waals surface area contributed by atoms with Crippen LogP contribution in [0.15, 0.2) is 60.3 Å². The number of nitrogens with one attached hydrogen (secondary N) is 2. The number of hydrogen-bond acceptors (Lipinski definition) is 2. The normalized spacial score (nSPS) is 11.6. The Balaban J connectivity index is 2.25. The molecule has 0 saturated carbocycles. The molecule has 2 amide bonds. The maximum atomic E-state index is 12.6. The van der Waals surface area contributed by atoms with E-state index in [-0.39, 0.29) is 17.5 Å². The van der Waals surface area contributed by atoms with Crippen molar-refractivity contribution in [1.82, 2.24) is 10.6 Å². The molecule has 0 spiro atoms. The fourth-order valence-corrected chi connectivity index (χ4v) is 2.48. The number of amides is 2. The van der Waals surface area contributed by atoms with E-state index in [0.29, 0.717) is 23.9 Å². The Morgan fingerprint density at radius 3 is 2.11 bits per heavy atom. The third-order valence-electron chi connectivity index (χ3n) is 4.11. The first-order valence-corrected chi connectivity index (χ1v) is 9.33. The standard InChI is InChI=1S/C23H28N2O2/c1-16(2)15-24-23(27)21(25-22(26)20-8-6-5-7-9-20)14-18-10-12-19(13-11-18)17(3)4/h5-14,16-17H,15H2,1-4H3,(H,24,27)(H,25,26). The average molecular weight is 364 g/mol. The van der Waals surface area contributed by atoms with E-state index in [9.17, 15) is 9.59 Å². The van der Waals surface area contributed by atoms with Gasteiger partial charge < -0.3 is 10.6 Å². The third-order valence-corrected chi connectivity index (χ3v) is 4.11. The van der Waals surface area contributed by atoms with Crippen molar-refractivity contribution in [2.45, 2.75) is 33.6 Å². The zero-order valence-electron chi connectivity index (χ0n) is 16.5. The molecule has 0 radical (unpaired) electrons. The van der Waals surface area contributed by atoms with Gasteiger partial charge in [-0.15, -0.1) is 0 Å². The molecule has 0 aliphatic rings. The van der Waals surface area contributed by atoms with Gasteiger partial charge in [0, 0.05) is 12.1 Å². The number of hydrogen-bond donors (Lipinski definition) is 2. The van der Waals surface area contributed by atoms with Crippen LogP contribution in [-0.2, 0) is 4.79 Å². The molecule has 0 saturated heterocycles. The molecule has 0 aromatic heterocycles. The molecule has 4 heteroatoms. The van der Waals surface area contributed by atoms with E-state index in [4.69, 9.17) is 0 Å². The third kappa shape index (κ3) is 6.41. The molecule has 2 aromatic carbocycles. The summed E-state index contributed by atoms with van der Waals surface area (Å²) < 4.78 is 0. The maximum absolute atomic E-state index is 12.6. The van der Waals surface area contributed by atoms with Gasteiger partial charge in [0.05, 0.1) is 0 Å². The Morgan fingerprint density at radius 2 is 1.56 bits per heavy atom. The Labute approximate surface area is 161 Å². The summed E-state index contributed by atoms with van der Waals surface area (Å²) in [6.45, 7) is 8.86. The van der Waals surface area contributed by atoms with Gasteiger partial charge in [-0.2, -0.15) is 0 Å². The Bertz CT molecular complexity index is 791. The number of benzene rings is 2. The van der Waals surface area contributed by atoms with Gasteiger partial charge in [0.25, 0.3) is 11.8 Å². The summed E-state index contributed by atoms with van der Waals surface area (Å²) in [5, 5.41) is 5.62. The first kappa shape index (κ1) is 20.4. The van der Waals surface area contributed by atoms with Crippen LogP contribution in [0.25, 0.3) is 6.08 Å². The van der Waals surface area contributed by atoms with Crippen molar-refractivity contribution >= 4 is 17.9 Å². The highest BCUT2D eigenvalue weighted by molar-refractivity contribution is 6.05. The second kappa shape index (κ2) is 9.72. The molecule has 27 heavy (non-hydrogen) atoms. The van der Waals surface area contributed by atoms with E-state index in [1.807, 2.05) is 44.2 Å². The molecular formula is C23H28N2O2. The summed E-state index contributed by atoms with van der Waals surface area (Å²) in [6.07, 6.45) is 1.71. The van der Waals surface area contributed by atoms with Crippen LogP contribution < -0.4 is 10.6 Å². The zero-order chi connectivity index (χ0) is 19.8. The monoisotopic (exact) mass is 364 g/mol. The van der Waals surface area contributed by atoms with Crippen molar-refractivity contribution in [1.29, 1.82) is 0 Å². The first-order chi connectivity index (χ1) is 12.9. The highest BCUT2D eigenvalue weighted by Gasteiger charge is 2.14. The Hall–Kier alpha value is -2.88. The lowest BCUT2D eigenvalue weighted by molar-refractivity contribution is -0.117. The van der Waals surface area contributed by atoms with Gasteiger partial charge in [-0.3, -0.25) is 9.59 Å². The molecule has 0 aliphatic carbocycles. The van der Waals surface area contributed by atoms with E-state index in [1.165, 1.54) is 5.56 Å². The fourth-order valence-electron chi connectivity index (χ4n) is 2.48. The molecule has 0 bridgehead atoms. The molecule has 4 nitrogen and oxygen atoms in total. The average Bonchev–Trinajstić information content (AvgIpc) is 2.66. The van der Waals surface area contributed by atoms with Crippen molar-refractivity contribution in [3.63, 3.8) is 0 Å². The van der Waals surface area contributed by atoms with Gasteiger partial charge in [-0.25, -0.2) is 0 Å². The molecular weight excluding hydrogens is 336 g/mol. The fraction of sp³-hybridized carbons (Fsp3) is 0.304. The van der Waals surface area contributed by atoms with Crippen LogP contribution in [-0.4, -0.2) is 18.4 Å². The summed E-state index contributed by atoms with van der Waals surface area (Å²) >= 11 is 0. The van der Waals surface area contributed by atoms with E-state index in [2.05, 4.69) is 24.5 Å². The molecule has 2 N–H and O–H groups in total. The van der Waals surface area contributed by atoms with Crippen molar-refractivity contribution < 1.29 is 9.59 Å². The van der Waals surface area contributed by atoms with Crippen LogP contribution in [0.1, 0.15) is 55.1 Å². The quantitative estimate of drug-likeness (QED) is 0.718. The van der Waals surface area contributed by atoms with Gasteiger partial charge in [0.1, 0.15) is 5.70 Å². The second-order valence-corrected chi connectivity index (χ2v) is 7.30. The minimum atomic E-state index is -0.305. The van der Waals surface area contributed by atoms with Crippen LogP contribution in [0.2, 0.25) is 0 Å². The number of carbonyl (C=O) groups excluding carboxylic acids is 2. The minimum Gasteiger partial charge on any atom is -0.351 e. The number of rotatable bonds is 7. The van der Waals surface area contributed by atoms with E-state index < -0.39 is 0 Å². The Morgan fingerprint density at radius 1 is 0.926 bits per heavy atom. The Kier molecular flexibility index (Phi) is 7.35. The maximum Gasteiger partial charge on any atom is 0.267 e. The van der Waals surface area contributed by atoms with Gasteiger partial charge >= 0.3 is 0 Å². The number of carbonyl (C=O) groups is 2. The van der Waals surface area contributed by atoms with Crippen molar-refractivity contribution in [3.8, 4) is 0 Å². The lowest BCUT2D eigenvalue weighted by atomic mass is 10.0. The predicted octanol–water partition coefficient (Wildman–Crippen LogP) is 4.35. The van der Waals surface area contributed by atoms with E-state index >= 15 is 0 Å². The van der Waals surface area contributed by atoms with Crippen molar-refractivity contribution in [2.24, 2.45) is 5.92 Å². The van der Waals surface area contributed by atoms with Crippen LogP contribution in [0.4, 0.5) is 0 Å². The predicted molar refractivity (Wildman–Crippen MR) is 110 cm³/mol. The summed E-state index contributed by atoms with van der Waals surface area (Å²) in [7, 11) is 0. The smallest absolute Gasteiger partial charge is 0.267 e. The van der Waals surface area contributed by atoms with E-state index in [1.54, 1.807) is 30.3 Å². The lowest BCUT2D eigenvalue weighted by Crippen LogP contribution is -2.36.